The summed E-state index contributed by atoms with van der Waals surface area (Å²) in [6.45, 7) is 11.5. The molecule has 0 aliphatic carbocycles. The maximum atomic E-state index is 3.86. The Morgan fingerprint density at radius 1 is 1.27 bits per heavy atom. The maximum Gasteiger partial charge on any atom is 0.0207 e. The summed E-state index contributed by atoms with van der Waals surface area (Å²) in [6.07, 6.45) is 5.75. The van der Waals surface area contributed by atoms with Crippen LogP contribution in [0.5, 0.6) is 0 Å². The van der Waals surface area contributed by atoms with Crippen LogP contribution in [0.3, 0.4) is 0 Å². The maximum absolute atomic E-state index is 3.86. The lowest BCUT2D eigenvalue weighted by Gasteiger charge is -2.03. The van der Waals surface area contributed by atoms with Crippen molar-refractivity contribution in [2.75, 3.05) is 0 Å². The summed E-state index contributed by atoms with van der Waals surface area (Å²) in [6, 6.07) is 0. The van der Waals surface area contributed by atoms with E-state index in [4.69, 9.17) is 0 Å². The molecule has 0 saturated carbocycles. The van der Waals surface area contributed by atoms with Crippen LogP contribution in [-0.4, -0.2) is 0 Å². The summed E-state index contributed by atoms with van der Waals surface area (Å²) in [4.78, 5) is 0. The second-order valence-corrected chi connectivity index (χ2v) is 2.92. The first kappa shape index (κ1) is 10.4. The Kier molecular flexibility index (Phi) is 4.88. The van der Waals surface area contributed by atoms with Crippen LogP contribution in [0.15, 0.2) is 47.0 Å². The lowest BCUT2D eigenvalue weighted by Crippen LogP contribution is -1.83. The van der Waals surface area contributed by atoms with Gasteiger partial charge in [-0.25, -0.2) is 0 Å². The second kappa shape index (κ2) is 5.14. The summed E-state index contributed by atoms with van der Waals surface area (Å²) in [5, 5.41) is 0. The number of rotatable bonds is 3. The zero-order valence-corrected chi connectivity index (χ0v) is 8.61. The average Bonchev–Trinajstić information content (AvgIpc) is 2.05. The minimum atomic E-state index is 0.942. The quantitative estimate of drug-likeness (QED) is 0.622. The first-order valence-corrected chi connectivity index (χ1v) is 4.26. The molecule has 0 aliphatic heterocycles. The van der Waals surface area contributed by atoms with E-state index >= 15 is 0 Å². The Morgan fingerprint density at radius 2 is 1.82 bits per heavy atom. The molecule has 0 radical (unpaired) electrons. The van der Waals surface area contributed by atoms with Crippen molar-refractivity contribution < 1.29 is 0 Å². The van der Waals surface area contributed by atoms with Crippen molar-refractivity contribution in [3.63, 3.8) is 0 Å². The van der Waals surface area contributed by atoms with Crippen LogP contribution in [0.25, 0.3) is 0 Å². The standard InChI is InChI=1S/C10H13Br/c1-5-8(4)9(6-2)10(11)7-3/h5-7H,1,4H2,2-3H3/b9-6+,10-7+. The van der Waals surface area contributed by atoms with Crippen molar-refractivity contribution in [1.29, 1.82) is 0 Å². The van der Waals surface area contributed by atoms with Crippen LogP contribution in [0.1, 0.15) is 13.8 Å². The van der Waals surface area contributed by atoms with Crippen molar-refractivity contribution in [3.8, 4) is 0 Å². The van der Waals surface area contributed by atoms with E-state index in [0.29, 0.717) is 0 Å². The average molecular weight is 213 g/mol. The second-order valence-electron chi connectivity index (χ2n) is 2.07. The van der Waals surface area contributed by atoms with Crippen LogP contribution >= 0.6 is 15.9 Å². The van der Waals surface area contributed by atoms with E-state index in [2.05, 4.69) is 29.1 Å². The Hall–Kier alpha value is -0.560. The van der Waals surface area contributed by atoms with Gasteiger partial charge in [-0.3, -0.25) is 0 Å². The highest BCUT2D eigenvalue weighted by atomic mass is 79.9. The molecule has 0 aromatic rings. The third-order valence-corrected chi connectivity index (χ3v) is 2.28. The zero-order chi connectivity index (χ0) is 8.85. The van der Waals surface area contributed by atoms with Gasteiger partial charge in [-0.15, -0.1) is 0 Å². The van der Waals surface area contributed by atoms with Gasteiger partial charge in [-0.05, 0) is 25.0 Å². The fraction of sp³-hybridized carbons (Fsp3) is 0.200. The smallest absolute Gasteiger partial charge is 0.0207 e. The first-order valence-electron chi connectivity index (χ1n) is 3.47. The predicted octanol–water partition coefficient (Wildman–Crippen LogP) is 3.97. The highest BCUT2D eigenvalue weighted by molar-refractivity contribution is 9.12. The Balaban J connectivity index is 4.71. The lowest BCUT2D eigenvalue weighted by molar-refractivity contribution is 1.49. The van der Waals surface area contributed by atoms with Gasteiger partial charge in [-0.1, -0.05) is 47.3 Å². The molecule has 0 unspecified atom stereocenters. The molecule has 1 heteroatoms. The number of hydrogen-bond donors (Lipinski definition) is 0. The molecule has 60 valence electrons. The molecular formula is C10H13Br. The van der Waals surface area contributed by atoms with Gasteiger partial charge in [0.1, 0.15) is 0 Å². The molecule has 0 heterocycles. The van der Waals surface area contributed by atoms with E-state index in [9.17, 15) is 0 Å². The highest BCUT2D eigenvalue weighted by Crippen LogP contribution is 2.23. The number of halogens is 1. The van der Waals surface area contributed by atoms with Crippen LogP contribution < -0.4 is 0 Å². The zero-order valence-electron chi connectivity index (χ0n) is 7.02. The van der Waals surface area contributed by atoms with Gasteiger partial charge in [-0.2, -0.15) is 0 Å². The molecule has 0 rings (SSSR count). The van der Waals surface area contributed by atoms with Crippen LogP contribution in [0.2, 0.25) is 0 Å². The number of hydrogen-bond acceptors (Lipinski definition) is 0. The van der Waals surface area contributed by atoms with Crippen molar-refractivity contribution in [1.82, 2.24) is 0 Å². The third kappa shape index (κ3) is 2.89. The SMILES string of the molecule is C=CC(=C)C(=C\C)/C(Br)=C\C. The van der Waals surface area contributed by atoms with E-state index < -0.39 is 0 Å². The molecule has 0 nitrogen and oxygen atoms in total. The fourth-order valence-corrected chi connectivity index (χ4v) is 1.23. The van der Waals surface area contributed by atoms with Gasteiger partial charge in [0, 0.05) is 4.48 Å². The number of allylic oxidation sites excluding steroid dienone is 6. The van der Waals surface area contributed by atoms with Gasteiger partial charge in [0.15, 0.2) is 0 Å². The molecule has 0 bridgehead atoms. The van der Waals surface area contributed by atoms with E-state index in [1.54, 1.807) is 6.08 Å². The van der Waals surface area contributed by atoms with Crippen LogP contribution in [0.4, 0.5) is 0 Å². The van der Waals surface area contributed by atoms with Gasteiger partial charge in [0.2, 0.25) is 0 Å². The van der Waals surface area contributed by atoms with Gasteiger partial charge in [0.05, 0.1) is 0 Å². The van der Waals surface area contributed by atoms with E-state index in [0.717, 1.165) is 15.6 Å². The van der Waals surface area contributed by atoms with Gasteiger partial charge < -0.3 is 0 Å². The van der Waals surface area contributed by atoms with Crippen molar-refractivity contribution in [3.05, 3.63) is 47.0 Å². The van der Waals surface area contributed by atoms with Crippen LogP contribution in [-0.2, 0) is 0 Å². The summed E-state index contributed by atoms with van der Waals surface area (Å²) >= 11 is 3.43. The molecule has 0 aromatic heterocycles. The first-order chi connectivity index (χ1) is 5.17. The Bertz CT molecular complexity index is 215. The van der Waals surface area contributed by atoms with Crippen molar-refractivity contribution in [2.45, 2.75) is 13.8 Å². The molecule has 0 saturated heterocycles. The molecule has 11 heavy (non-hydrogen) atoms. The normalized spacial score (nSPS) is 13.0. The summed E-state index contributed by atoms with van der Waals surface area (Å²) in [7, 11) is 0. The third-order valence-electron chi connectivity index (χ3n) is 1.39. The van der Waals surface area contributed by atoms with E-state index in [1.165, 1.54) is 0 Å². The Morgan fingerprint density at radius 3 is 2.09 bits per heavy atom. The Labute approximate surface area is 77.1 Å². The molecule has 0 N–H and O–H groups in total. The fourth-order valence-electron chi connectivity index (χ4n) is 0.742. The largest absolute Gasteiger partial charge is 0.0985 e. The van der Waals surface area contributed by atoms with Gasteiger partial charge >= 0.3 is 0 Å². The minimum absolute atomic E-state index is 0.942. The predicted molar refractivity (Wildman–Crippen MR) is 55.8 cm³/mol. The minimum Gasteiger partial charge on any atom is -0.0985 e. The molecule has 0 atom stereocenters. The van der Waals surface area contributed by atoms with Gasteiger partial charge in [0.25, 0.3) is 0 Å². The topological polar surface area (TPSA) is 0 Å². The van der Waals surface area contributed by atoms with Crippen molar-refractivity contribution >= 4 is 15.9 Å². The molecule has 0 amide bonds. The van der Waals surface area contributed by atoms with E-state index in [-0.39, 0.29) is 0 Å². The van der Waals surface area contributed by atoms with Crippen LogP contribution in [0, 0.1) is 0 Å². The lowest BCUT2D eigenvalue weighted by atomic mass is 10.1. The molecule has 0 spiro atoms. The summed E-state index contributed by atoms with van der Waals surface area (Å²) in [5.74, 6) is 0. The highest BCUT2D eigenvalue weighted by Gasteiger charge is 1.99. The molecule has 0 aromatic carbocycles. The molecular weight excluding hydrogens is 200 g/mol. The monoisotopic (exact) mass is 212 g/mol. The molecule has 0 aliphatic rings. The van der Waals surface area contributed by atoms with E-state index in [1.807, 2.05) is 26.0 Å². The summed E-state index contributed by atoms with van der Waals surface area (Å²) in [5.41, 5.74) is 2.04. The van der Waals surface area contributed by atoms with Crippen molar-refractivity contribution in [2.24, 2.45) is 0 Å². The summed E-state index contributed by atoms with van der Waals surface area (Å²) < 4.78 is 1.06. The molecule has 0 fully saturated rings.